The van der Waals surface area contributed by atoms with Crippen molar-refractivity contribution in [1.82, 2.24) is 20.0 Å². The number of rotatable bonds is 7. The molecule has 0 spiro atoms. The number of nitrogens with zero attached hydrogens (tertiary/aromatic N) is 3. The minimum Gasteiger partial charge on any atom is -0.354 e. The van der Waals surface area contributed by atoms with E-state index >= 15 is 0 Å². The van der Waals surface area contributed by atoms with Crippen LogP contribution in [0, 0.1) is 5.92 Å². The molecule has 4 rings (SSSR count). The van der Waals surface area contributed by atoms with E-state index in [-0.39, 0.29) is 17.9 Å². The van der Waals surface area contributed by atoms with Crippen molar-refractivity contribution in [2.75, 3.05) is 52.9 Å². The highest BCUT2D eigenvalue weighted by Crippen LogP contribution is 2.44. The predicted octanol–water partition coefficient (Wildman–Crippen LogP) is 3.05. The Labute approximate surface area is 195 Å². The Hall–Kier alpha value is -2.22. The molecule has 2 aliphatic heterocycles. The van der Waals surface area contributed by atoms with Crippen LogP contribution in [-0.4, -0.2) is 79.4 Å². The minimum absolute atomic E-state index is 0.00577. The molecule has 1 saturated heterocycles. The second-order valence-corrected chi connectivity index (χ2v) is 10.3. The minimum atomic E-state index is -0.409. The van der Waals surface area contributed by atoms with Gasteiger partial charge in [-0.25, -0.2) is 0 Å². The summed E-state index contributed by atoms with van der Waals surface area (Å²) in [6, 6.07) is 11.4. The Morgan fingerprint density at radius 3 is 2.56 bits per heavy atom. The van der Waals surface area contributed by atoms with Crippen LogP contribution in [-0.2, 0) is 4.79 Å². The first kappa shape index (κ1) is 23.0. The zero-order chi connectivity index (χ0) is 22.7. The molecule has 0 saturated carbocycles. The number of likely N-dealkylation sites (N-methyl/N-ethyl adjacent to an activating group) is 1. The Morgan fingerprint density at radius 1 is 1.12 bits per heavy atom. The molecule has 172 valence electrons. The number of benzene rings is 1. The van der Waals surface area contributed by atoms with Crippen LogP contribution in [0.3, 0.4) is 0 Å². The van der Waals surface area contributed by atoms with Crippen LogP contribution in [0.15, 0.2) is 41.8 Å². The third kappa shape index (κ3) is 4.90. The molecule has 2 aromatic rings. The quantitative estimate of drug-likeness (QED) is 0.699. The fraction of sp³-hybridized carbons (Fsp3) is 0.520. The number of nitrogens with one attached hydrogen (secondary N) is 1. The summed E-state index contributed by atoms with van der Waals surface area (Å²) in [6.45, 7) is 10.5. The van der Waals surface area contributed by atoms with E-state index in [9.17, 15) is 9.59 Å². The molecule has 2 amide bonds. The predicted molar refractivity (Wildman–Crippen MR) is 129 cm³/mol. The highest BCUT2D eigenvalue weighted by Gasteiger charge is 2.44. The van der Waals surface area contributed by atoms with Crippen molar-refractivity contribution in [3.8, 4) is 0 Å². The van der Waals surface area contributed by atoms with E-state index in [0.29, 0.717) is 24.6 Å². The van der Waals surface area contributed by atoms with Gasteiger partial charge in [0.15, 0.2) is 0 Å². The number of piperazine rings is 1. The molecule has 0 radical (unpaired) electrons. The normalized spacial score (nSPS) is 22.2. The van der Waals surface area contributed by atoms with Crippen molar-refractivity contribution in [3.05, 3.63) is 57.8 Å². The number of thiophene rings is 1. The second kappa shape index (κ2) is 10.1. The zero-order valence-electron chi connectivity index (χ0n) is 19.3. The van der Waals surface area contributed by atoms with Crippen LogP contribution in [0.5, 0.6) is 0 Å². The van der Waals surface area contributed by atoms with Gasteiger partial charge in [0.05, 0.1) is 12.0 Å². The monoisotopic (exact) mass is 454 g/mol. The van der Waals surface area contributed by atoms with Crippen molar-refractivity contribution < 1.29 is 9.59 Å². The molecular formula is C25H34N4O2S. The van der Waals surface area contributed by atoms with Gasteiger partial charge in [0.2, 0.25) is 5.91 Å². The fourth-order valence-corrected chi connectivity index (χ4v) is 5.64. The summed E-state index contributed by atoms with van der Waals surface area (Å²) >= 11 is 1.62. The smallest absolute Gasteiger partial charge is 0.254 e. The molecule has 1 N–H and O–H groups in total. The maximum absolute atomic E-state index is 13.6. The summed E-state index contributed by atoms with van der Waals surface area (Å²) in [5.41, 5.74) is 1.49. The van der Waals surface area contributed by atoms with Crippen molar-refractivity contribution in [3.63, 3.8) is 0 Å². The third-order valence-corrected chi connectivity index (χ3v) is 7.38. The van der Waals surface area contributed by atoms with Crippen LogP contribution in [0.25, 0.3) is 0 Å². The largest absolute Gasteiger partial charge is 0.354 e. The number of amides is 2. The van der Waals surface area contributed by atoms with E-state index in [2.05, 4.69) is 36.0 Å². The molecule has 7 heteroatoms. The molecule has 0 bridgehead atoms. The first-order valence-electron chi connectivity index (χ1n) is 11.6. The van der Waals surface area contributed by atoms with E-state index in [1.807, 2.05) is 46.7 Å². The summed E-state index contributed by atoms with van der Waals surface area (Å²) in [4.78, 5) is 34.8. The molecular weight excluding hydrogens is 420 g/mol. The molecule has 2 atom stereocenters. The SMILES string of the molecule is CC(C)CN1C(=O)c2ccccc2[C@@H](C(=O)NCCN2CCN(C)CC2)[C@H]1c1cccs1. The zero-order valence-corrected chi connectivity index (χ0v) is 20.1. The van der Waals surface area contributed by atoms with Gasteiger partial charge in [0.25, 0.3) is 5.91 Å². The average Bonchev–Trinajstić information content (AvgIpc) is 3.31. The molecule has 32 heavy (non-hydrogen) atoms. The molecule has 1 aromatic carbocycles. The maximum Gasteiger partial charge on any atom is 0.254 e. The standard InChI is InChI=1S/C25H34N4O2S/c1-18(2)17-29-23(21-9-6-16-32-21)22(19-7-4-5-8-20(19)25(29)31)24(30)26-10-11-28-14-12-27(3)13-15-28/h4-9,16,18,22-23H,10-15,17H2,1-3H3,(H,26,30)/t22-,23-/m1/s1. The van der Waals surface area contributed by atoms with Crippen molar-refractivity contribution >= 4 is 23.2 Å². The summed E-state index contributed by atoms with van der Waals surface area (Å²) in [6.07, 6.45) is 0. The Morgan fingerprint density at radius 2 is 1.88 bits per heavy atom. The Balaban J connectivity index is 1.58. The van der Waals surface area contributed by atoms with Gasteiger partial charge in [-0.2, -0.15) is 0 Å². The fourth-order valence-electron chi connectivity index (χ4n) is 4.76. The lowest BCUT2D eigenvalue weighted by Crippen LogP contribution is -2.50. The summed E-state index contributed by atoms with van der Waals surface area (Å²) in [7, 11) is 2.15. The third-order valence-electron chi connectivity index (χ3n) is 6.44. The topological polar surface area (TPSA) is 55.9 Å². The number of fused-ring (bicyclic) bond motifs is 1. The van der Waals surface area contributed by atoms with Gasteiger partial charge in [0, 0.05) is 56.3 Å². The summed E-state index contributed by atoms with van der Waals surface area (Å²) in [5.74, 6) is -0.0678. The molecule has 0 aliphatic carbocycles. The molecule has 6 nitrogen and oxygen atoms in total. The first-order chi connectivity index (χ1) is 15.5. The van der Waals surface area contributed by atoms with Gasteiger partial charge in [-0.15, -0.1) is 11.3 Å². The van der Waals surface area contributed by atoms with Gasteiger partial charge < -0.3 is 15.1 Å². The molecule has 1 fully saturated rings. The van der Waals surface area contributed by atoms with Gasteiger partial charge >= 0.3 is 0 Å². The summed E-state index contributed by atoms with van der Waals surface area (Å²) < 4.78 is 0. The van der Waals surface area contributed by atoms with Gasteiger partial charge in [-0.3, -0.25) is 14.5 Å². The Kier molecular flexibility index (Phi) is 7.28. The van der Waals surface area contributed by atoms with E-state index in [0.717, 1.165) is 43.2 Å². The molecule has 3 heterocycles. The van der Waals surface area contributed by atoms with E-state index in [1.54, 1.807) is 11.3 Å². The van der Waals surface area contributed by atoms with Crippen molar-refractivity contribution in [2.45, 2.75) is 25.8 Å². The van der Waals surface area contributed by atoms with Crippen molar-refractivity contribution in [1.29, 1.82) is 0 Å². The lowest BCUT2D eigenvalue weighted by Gasteiger charge is -2.42. The number of carbonyl (C=O) groups excluding carboxylic acids is 2. The number of carbonyl (C=O) groups is 2. The van der Waals surface area contributed by atoms with Crippen LogP contribution in [0.2, 0.25) is 0 Å². The van der Waals surface area contributed by atoms with Gasteiger partial charge in [-0.05, 0) is 36.0 Å². The first-order valence-corrected chi connectivity index (χ1v) is 12.5. The number of hydrogen-bond donors (Lipinski definition) is 1. The van der Waals surface area contributed by atoms with Gasteiger partial charge in [0.1, 0.15) is 0 Å². The average molecular weight is 455 g/mol. The lowest BCUT2D eigenvalue weighted by atomic mass is 9.81. The van der Waals surface area contributed by atoms with Crippen LogP contribution in [0.4, 0.5) is 0 Å². The van der Waals surface area contributed by atoms with Crippen LogP contribution < -0.4 is 5.32 Å². The highest BCUT2D eigenvalue weighted by molar-refractivity contribution is 7.10. The molecule has 1 aromatic heterocycles. The Bertz CT molecular complexity index is 922. The van der Waals surface area contributed by atoms with Crippen molar-refractivity contribution in [2.24, 2.45) is 5.92 Å². The lowest BCUT2D eigenvalue weighted by molar-refractivity contribution is -0.124. The second-order valence-electron chi connectivity index (χ2n) is 9.31. The molecule has 0 unspecified atom stereocenters. The van der Waals surface area contributed by atoms with E-state index in [1.165, 1.54) is 0 Å². The van der Waals surface area contributed by atoms with Crippen LogP contribution in [0.1, 0.15) is 46.6 Å². The maximum atomic E-state index is 13.6. The van der Waals surface area contributed by atoms with Crippen LogP contribution >= 0.6 is 11.3 Å². The van der Waals surface area contributed by atoms with E-state index in [4.69, 9.17) is 0 Å². The summed E-state index contributed by atoms with van der Waals surface area (Å²) in [5, 5.41) is 5.23. The molecule has 2 aliphatic rings. The highest BCUT2D eigenvalue weighted by atomic mass is 32.1. The van der Waals surface area contributed by atoms with E-state index < -0.39 is 5.92 Å². The van der Waals surface area contributed by atoms with Gasteiger partial charge in [-0.1, -0.05) is 38.1 Å². The number of hydrogen-bond acceptors (Lipinski definition) is 5.